The van der Waals surface area contributed by atoms with Crippen LogP contribution in [-0.2, 0) is 12.0 Å². The van der Waals surface area contributed by atoms with Gasteiger partial charge in [0.15, 0.2) is 5.82 Å². The average molecular weight is 282 g/mol. The minimum Gasteiger partial charge on any atom is -0.307 e. The Labute approximate surface area is 122 Å². The lowest BCUT2D eigenvalue weighted by Gasteiger charge is -2.22. The highest BCUT2D eigenvalue weighted by Gasteiger charge is 2.19. The molecular weight excluding hydrogens is 264 g/mol. The van der Waals surface area contributed by atoms with Crippen molar-refractivity contribution < 1.29 is 0 Å². The van der Waals surface area contributed by atoms with E-state index in [1.165, 1.54) is 6.33 Å². The zero-order valence-electron chi connectivity index (χ0n) is 12.4. The number of nitrogens with one attached hydrogen (secondary N) is 1. The molecule has 0 amide bonds. The summed E-state index contributed by atoms with van der Waals surface area (Å²) in [5.74, 6) is 0.604. The van der Waals surface area contributed by atoms with Crippen LogP contribution in [0.5, 0.6) is 0 Å². The van der Waals surface area contributed by atoms with Crippen molar-refractivity contribution in [2.45, 2.75) is 32.7 Å². The van der Waals surface area contributed by atoms with Crippen molar-refractivity contribution in [2.24, 2.45) is 0 Å². The van der Waals surface area contributed by atoms with Crippen LogP contribution < -0.4 is 5.56 Å². The molecule has 1 aromatic carbocycles. The molecule has 0 aliphatic carbocycles. The number of pyridine rings is 1. The summed E-state index contributed by atoms with van der Waals surface area (Å²) < 4.78 is 1.69. The summed E-state index contributed by atoms with van der Waals surface area (Å²) in [6.07, 6.45) is 3.45. The fourth-order valence-electron chi connectivity index (χ4n) is 2.52. The molecule has 0 unspecified atom stereocenters. The van der Waals surface area contributed by atoms with Crippen LogP contribution >= 0.6 is 0 Å². The Kier molecular flexibility index (Phi) is 3.12. The molecule has 0 bridgehead atoms. The van der Waals surface area contributed by atoms with Gasteiger partial charge in [0.25, 0.3) is 5.56 Å². The van der Waals surface area contributed by atoms with Gasteiger partial charge in [-0.25, -0.2) is 4.98 Å². The van der Waals surface area contributed by atoms with E-state index in [9.17, 15) is 4.79 Å². The van der Waals surface area contributed by atoms with Crippen molar-refractivity contribution in [3.8, 4) is 0 Å². The van der Waals surface area contributed by atoms with Gasteiger partial charge in [-0.15, -0.1) is 0 Å². The van der Waals surface area contributed by atoms with Crippen LogP contribution in [-0.4, -0.2) is 19.7 Å². The van der Waals surface area contributed by atoms with E-state index in [-0.39, 0.29) is 11.0 Å². The first-order valence-corrected chi connectivity index (χ1v) is 6.94. The molecule has 0 fully saturated rings. The van der Waals surface area contributed by atoms with Gasteiger partial charge < -0.3 is 4.57 Å². The largest absolute Gasteiger partial charge is 0.307 e. The third-order valence-corrected chi connectivity index (χ3v) is 3.58. The first-order valence-electron chi connectivity index (χ1n) is 6.94. The molecular formula is C16H18N4O. The second kappa shape index (κ2) is 4.84. The number of aromatic nitrogens is 4. The Morgan fingerprint density at radius 1 is 1.19 bits per heavy atom. The number of hydrogen-bond donors (Lipinski definition) is 1. The summed E-state index contributed by atoms with van der Waals surface area (Å²) in [6, 6.07) is 7.75. The predicted octanol–water partition coefficient (Wildman–Crippen LogP) is 2.47. The lowest BCUT2D eigenvalue weighted by Crippen LogP contribution is -2.25. The van der Waals surface area contributed by atoms with E-state index >= 15 is 0 Å². The van der Waals surface area contributed by atoms with Crippen molar-refractivity contribution >= 4 is 10.8 Å². The van der Waals surface area contributed by atoms with Crippen LogP contribution in [0, 0.1) is 0 Å². The van der Waals surface area contributed by atoms with Crippen molar-refractivity contribution in [3.63, 3.8) is 0 Å². The molecule has 21 heavy (non-hydrogen) atoms. The Hall–Kier alpha value is -2.43. The van der Waals surface area contributed by atoms with Crippen molar-refractivity contribution in [2.75, 3.05) is 0 Å². The summed E-state index contributed by atoms with van der Waals surface area (Å²) in [6.45, 7) is 6.82. The Balaban J connectivity index is 2.26. The minimum absolute atomic E-state index is 0.0107. The lowest BCUT2D eigenvalue weighted by molar-refractivity contribution is 0.582. The van der Waals surface area contributed by atoms with Crippen LogP contribution in [0.1, 0.15) is 32.2 Å². The molecule has 1 N–H and O–H groups in total. The molecule has 108 valence electrons. The molecule has 0 atom stereocenters. The molecule has 0 radical (unpaired) electrons. The number of rotatable bonds is 2. The topological polar surface area (TPSA) is 63.6 Å². The van der Waals surface area contributed by atoms with E-state index in [1.54, 1.807) is 4.57 Å². The third kappa shape index (κ3) is 2.46. The van der Waals surface area contributed by atoms with Gasteiger partial charge in [0.1, 0.15) is 6.33 Å². The molecule has 2 aromatic heterocycles. The molecule has 3 aromatic rings. The molecule has 0 saturated heterocycles. The standard InChI is InChI=1S/C16H18N4O/c1-16(2,3)13-8-20(9-14-17-10-18-19-14)15(21)12-7-5-4-6-11(12)13/h4-8,10H,9H2,1-3H3,(H,17,18,19). The van der Waals surface area contributed by atoms with E-state index in [0.29, 0.717) is 12.4 Å². The Morgan fingerprint density at radius 2 is 1.90 bits per heavy atom. The maximum Gasteiger partial charge on any atom is 0.258 e. The Morgan fingerprint density at radius 3 is 2.52 bits per heavy atom. The van der Waals surface area contributed by atoms with Gasteiger partial charge in [0, 0.05) is 11.6 Å². The van der Waals surface area contributed by atoms with E-state index in [4.69, 9.17) is 0 Å². The van der Waals surface area contributed by atoms with Crippen LogP contribution in [0.15, 0.2) is 41.6 Å². The number of nitrogens with zero attached hydrogens (tertiary/aromatic N) is 3. The number of H-pyrrole nitrogens is 1. The summed E-state index contributed by atoms with van der Waals surface area (Å²) in [4.78, 5) is 16.7. The number of benzene rings is 1. The second-order valence-electron chi connectivity index (χ2n) is 6.19. The lowest BCUT2D eigenvalue weighted by atomic mass is 9.85. The van der Waals surface area contributed by atoms with Gasteiger partial charge in [-0.1, -0.05) is 39.0 Å². The summed E-state index contributed by atoms with van der Waals surface area (Å²) in [7, 11) is 0. The number of aromatic amines is 1. The highest BCUT2D eigenvalue weighted by Crippen LogP contribution is 2.28. The molecule has 5 heteroatoms. The van der Waals surface area contributed by atoms with Gasteiger partial charge >= 0.3 is 0 Å². The normalized spacial score (nSPS) is 12.0. The SMILES string of the molecule is CC(C)(C)c1cn(Cc2nc[nH]n2)c(=O)c2ccccc12. The first kappa shape index (κ1) is 13.5. The highest BCUT2D eigenvalue weighted by molar-refractivity contribution is 5.85. The van der Waals surface area contributed by atoms with Crippen LogP contribution in [0.25, 0.3) is 10.8 Å². The molecule has 0 saturated carbocycles. The van der Waals surface area contributed by atoms with Crippen molar-refractivity contribution in [1.29, 1.82) is 0 Å². The zero-order chi connectivity index (χ0) is 15.0. The van der Waals surface area contributed by atoms with Gasteiger partial charge in [-0.2, -0.15) is 5.10 Å². The molecule has 5 nitrogen and oxygen atoms in total. The highest BCUT2D eigenvalue weighted by atomic mass is 16.1. The summed E-state index contributed by atoms with van der Waals surface area (Å²) in [5, 5.41) is 8.46. The smallest absolute Gasteiger partial charge is 0.258 e. The van der Waals surface area contributed by atoms with Gasteiger partial charge in [0.05, 0.1) is 6.54 Å². The van der Waals surface area contributed by atoms with Crippen molar-refractivity contribution in [3.05, 3.63) is 58.5 Å². The zero-order valence-corrected chi connectivity index (χ0v) is 12.4. The number of fused-ring (bicyclic) bond motifs is 1. The maximum absolute atomic E-state index is 12.6. The van der Waals surface area contributed by atoms with E-state index < -0.39 is 0 Å². The van der Waals surface area contributed by atoms with E-state index in [1.807, 2.05) is 30.5 Å². The maximum atomic E-state index is 12.6. The molecule has 2 heterocycles. The molecule has 0 spiro atoms. The summed E-state index contributed by atoms with van der Waals surface area (Å²) in [5.41, 5.74) is 1.09. The van der Waals surface area contributed by atoms with Crippen LogP contribution in [0.3, 0.4) is 0 Å². The quantitative estimate of drug-likeness (QED) is 0.785. The van der Waals surface area contributed by atoms with Gasteiger partial charge in [-0.05, 0) is 22.4 Å². The van der Waals surface area contributed by atoms with E-state index in [2.05, 4.69) is 36.0 Å². The fraction of sp³-hybridized carbons (Fsp3) is 0.312. The van der Waals surface area contributed by atoms with Gasteiger partial charge in [-0.3, -0.25) is 9.89 Å². The van der Waals surface area contributed by atoms with Crippen LogP contribution in [0.4, 0.5) is 0 Å². The fourth-order valence-corrected chi connectivity index (χ4v) is 2.52. The summed E-state index contributed by atoms with van der Waals surface area (Å²) >= 11 is 0. The Bertz CT molecular complexity index is 826. The van der Waals surface area contributed by atoms with Crippen LogP contribution in [0.2, 0.25) is 0 Å². The first-order chi connectivity index (χ1) is 9.97. The number of hydrogen-bond acceptors (Lipinski definition) is 3. The van der Waals surface area contributed by atoms with Crippen molar-refractivity contribution in [1.82, 2.24) is 19.7 Å². The minimum atomic E-state index is -0.0476. The van der Waals surface area contributed by atoms with Gasteiger partial charge in [0.2, 0.25) is 0 Å². The molecule has 3 rings (SSSR count). The second-order valence-corrected chi connectivity index (χ2v) is 6.19. The average Bonchev–Trinajstić information content (AvgIpc) is 2.94. The predicted molar refractivity (Wildman–Crippen MR) is 82.4 cm³/mol. The third-order valence-electron chi connectivity index (χ3n) is 3.58. The molecule has 0 aliphatic heterocycles. The monoisotopic (exact) mass is 282 g/mol. The van der Waals surface area contributed by atoms with E-state index in [0.717, 1.165) is 16.3 Å². The molecule has 0 aliphatic rings.